The first-order valence-electron chi connectivity index (χ1n) is 5.61. The summed E-state index contributed by atoms with van der Waals surface area (Å²) in [7, 11) is 0. The molecule has 0 spiro atoms. The summed E-state index contributed by atoms with van der Waals surface area (Å²) < 4.78 is 0. The smallest absolute Gasteiger partial charge is 0.184 e. The first-order chi connectivity index (χ1) is 7.66. The summed E-state index contributed by atoms with van der Waals surface area (Å²) in [5.74, 6) is 0. The van der Waals surface area contributed by atoms with Crippen LogP contribution in [0.25, 0.3) is 0 Å². The van der Waals surface area contributed by atoms with E-state index in [1.807, 2.05) is 30.0 Å². The van der Waals surface area contributed by atoms with E-state index >= 15 is 0 Å². The van der Waals surface area contributed by atoms with Gasteiger partial charge in [-0.1, -0.05) is 17.7 Å². The van der Waals surface area contributed by atoms with Gasteiger partial charge in [0.2, 0.25) is 0 Å². The molecule has 1 saturated heterocycles. The SMILES string of the molecule is Cc1ccc(NC(O)N2CCCC2)cc1Cl. The fourth-order valence-electron chi connectivity index (χ4n) is 1.91. The van der Waals surface area contributed by atoms with Crippen LogP contribution in [0.2, 0.25) is 5.02 Å². The van der Waals surface area contributed by atoms with Gasteiger partial charge >= 0.3 is 0 Å². The highest BCUT2D eigenvalue weighted by Crippen LogP contribution is 2.21. The Morgan fingerprint density at radius 1 is 1.38 bits per heavy atom. The third-order valence-corrected chi connectivity index (χ3v) is 3.36. The lowest BCUT2D eigenvalue weighted by Crippen LogP contribution is -2.38. The standard InChI is InChI=1S/C12H17ClN2O/c1-9-4-5-10(8-11(9)13)14-12(16)15-6-2-3-7-15/h4-5,8,12,14,16H,2-3,6-7H2,1H3. The number of aliphatic hydroxyl groups is 1. The van der Waals surface area contributed by atoms with Crippen molar-refractivity contribution in [3.05, 3.63) is 28.8 Å². The molecule has 0 amide bonds. The monoisotopic (exact) mass is 240 g/mol. The maximum Gasteiger partial charge on any atom is 0.184 e. The van der Waals surface area contributed by atoms with Crippen molar-refractivity contribution in [1.82, 2.24) is 4.90 Å². The van der Waals surface area contributed by atoms with Gasteiger partial charge in [-0.05, 0) is 37.5 Å². The van der Waals surface area contributed by atoms with E-state index in [1.54, 1.807) is 0 Å². The predicted octanol–water partition coefficient (Wildman–Crippen LogP) is 2.43. The lowest BCUT2D eigenvalue weighted by Gasteiger charge is -2.24. The quantitative estimate of drug-likeness (QED) is 0.797. The number of hydrogen-bond acceptors (Lipinski definition) is 3. The van der Waals surface area contributed by atoms with Crippen molar-refractivity contribution in [1.29, 1.82) is 0 Å². The van der Waals surface area contributed by atoms with Crippen LogP contribution in [-0.2, 0) is 0 Å². The molecule has 3 nitrogen and oxygen atoms in total. The zero-order valence-corrected chi connectivity index (χ0v) is 10.2. The zero-order valence-electron chi connectivity index (χ0n) is 9.41. The molecule has 0 bridgehead atoms. The van der Waals surface area contributed by atoms with Crippen LogP contribution in [0.4, 0.5) is 5.69 Å². The van der Waals surface area contributed by atoms with E-state index in [9.17, 15) is 5.11 Å². The molecule has 0 aromatic heterocycles. The van der Waals surface area contributed by atoms with Gasteiger partial charge in [-0.25, -0.2) is 0 Å². The van der Waals surface area contributed by atoms with Gasteiger partial charge in [-0.3, -0.25) is 4.90 Å². The first-order valence-corrected chi connectivity index (χ1v) is 5.99. The molecular weight excluding hydrogens is 224 g/mol. The average Bonchev–Trinajstić information content (AvgIpc) is 2.77. The fraction of sp³-hybridized carbons (Fsp3) is 0.500. The maximum atomic E-state index is 9.93. The van der Waals surface area contributed by atoms with Gasteiger partial charge in [0.1, 0.15) is 0 Å². The normalized spacial score (nSPS) is 18.7. The molecule has 1 aromatic carbocycles. The van der Waals surface area contributed by atoms with Crippen LogP contribution < -0.4 is 5.32 Å². The third kappa shape index (κ3) is 2.67. The third-order valence-electron chi connectivity index (χ3n) is 2.95. The molecule has 88 valence electrons. The molecule has 1 unspecified atom stereocenters. The molecule has 0 aliphatic carbocycles. The van der Waals surface area contributed by atoms with Crippen molar-refractivity contribution < 1.29 is 5.11 Å². The van der Waals surface area contributed by atoms with E-state index in [1.165, 1.54) is 0 Å². The Morgan fingerprint density at radius 3 is 2.69 bits per heavy atom. The van der Waals surface area contributed by atoms with Gasteiger partial charge in [0.15, 0.2) is 6.35 Å². The zero-order chi connectivity index (χ0) is 11.5. The van der Waals surface area contributed by atoms with Crippen molar-refractivity contribution in [3.63, 3.8) is 0 Å². The largest absolute Gasteiger partial charge is 0.361 e. The molecule has 0 radical (unpaired) electrons. The van der Waals surface area contributed by atoms with E-state index < -0.39 is 6.35 Å². The summed E-state index contributed by atoms with van der Waals surface area (Å²) in [6, 6.07) is 5.72. The van der Waals surface area contributed by atoms with Gasteiger partial charge in [0.25, 0.3) is 0 Å². The van der Waals surface area contributed by atoms with Crippen LogP contribution >= 0.6 is 11.6 Å². The van der Waals surface area contributed by atoms with Crippen LogP contribution in [0.15, 0.2) is 18.2 Å². The molecule has 1 aliphatic rings. The van der Waals surface area contributed by atoms with E-state index in [0.717, 1.165) is 42.2 Å². The van der Waals surface area contributed by atoms with Crippen LogP contribution in [0, 0.1) is 6.92 Å². The predicted molar refractivity (Wildman–Crippen MR) is 66.6 cm³/mol. The summed E-state index contributed by atoms with van der Waals surface area (Å²) >= 11 is 6.02. The number of anilines is 1. The van der Waals surface area contributed by atoms with Crippen LogP contribution in [0.3, 0.4) is 0 Å². The van der Waals surface area contributed by atoms with E-state index in [0.29, 0.717) is 0 Å². The topological polar surface area (TPSA) is 35.5 Å². The van der Waals surface area contributed by atoms with Crippen molar-refractivity contribution in [3.8, 4) is 0 Å². The Morgan fingerprint density at radius 2 is 2.06 bits per heavy atom. The van der Waals surface area contributed by atoms with Crippen LogP contribution in [0.1, 0.15) is 18.4 Å². The second-order valence-electron chi connectivity index (χ2n) is 4.23. The molecule has 1 aromatic rings. The molecule has 16 heavy (non-hydrogen) atoms. The fourth-order valence-corrected chi connectivity index (χ4v) is 2.09. The van der Waals surface area contributed by atoms with Gasteiger partial charge in [-0.2, -0.15) is 0 Å². The number of benzene rings is 1. The van der Waals surface area contributed by atoms with E-state index in [-0.39, 0.29) is 0 Å². The molecule has 1 fully saturated rings. The average molecular weight is 241 g/mol. The minimum Gasteiger partial charge on any atom is -0.361 e. The summed E-state index contributed by atoms with van der Waals surface area (Å²) in [5.41, 5.74) is 1.90. The summed E-state index contributed by atoms with van der Waals surface area (Å²) in [5, 5.41) is 13.7. The van der Waals surface area contributed by atoms with Crippen molar-refractivity contribution in [2.75, 3.05) is 18.4 Å². The Balaban J connectivity index is 1.99. The van der Waals surface area contributed by atoms with Gasteiger partial charge in [0.05, 0.1) is 0 Å². The highest BCUT2D eigenvalue weighted by molar-refractivity contribution is 6.31. The van der Waals surface area contributed by atoms with Gasteiger partial charge < -0.3 is 10.4 Å². The van der Waals surface area contributed by atoms with Crippen LogP contribution in [0.5, 0.6) is 0 Å². The minimum absolute atomic E-state index is 0.610. The Hall–Kier alpha value is -0.770. The molecule has 0 saturated carbocycles. The molecular formula is C12H17ClN2O. The summed E-state index contributed by atoms with van der Waals surface area (Å²) in [6.45, 7) is 3.87. The number of nitrogens with one attached hydrogen (secondary N) is 1. The highest BCUT2D eigenvalue weighted by Gasteiger charge is 2.19. The molecule has 1 atom stereocenters. The number of rotatable bonds is 3. The number of halogens is 1. The lowest BCUT2D eigenvalue weighted by atomic mass is 10.2. The number of hydrogen-bond donors (Lipinski definition) is 2. The number of nitrogens with zero attached hydrogens (tertiary/aromatic N) is 1. The van der Waals surface area contributed by atoms with Gasteiger partial charge in [-0.15, -0.1) is 0 Å². The molecule has 4 heteroatoms. The molecule has 1 heterocycles. The number of aliphatic hydroxyl groups excluding tert-OH is 1. The molecule has 1 aliphatic heterocycles. The Bertz CT molecular complexity index is 364. The van der Waals surface area contributed by atoms with Crippen molar-refractivity contribution in [2.24, 2.45) is 0 Å². The summed E-state index contributed by atoms with van der Waals surface area (Å²) in [4.78, 5) is 2.02. The highest BCUT2D eigenvalue weighted by atomic mass is 35.5. The van der Waals surface area contributed by atoms with Gasteiger partial charge in [0, 0.05) is 23.8 Å². The van der Waals surface area contributed by atoms with E-state index in [2.05, 4.69) is 5.32 Å². The molecule has 2 rings (SSSR count). The Kier molecular flexibility index (Phi) is 3.69. The van der Waals surface area contributed by atoms with Crippen molar-refractivity contribution in [2.45, 2.75) is 26.1 Å². The second-order valence-corrected chi connectivity index (χ2v) is 4.63. The molecule has 2 N–H and O–H groups in total. The second kappa shape index (κ2) is 5.04. The maximum absolute atomic E-state index is 9.93. The number of likely N-dealkylation sites (tertiary alicyclic amines) is 1. The number of aryl methyl sites for hydroxylation is 1. The van der Waals surface area contributed by atoms with E-state index in [4.69, 9.17) is 11.6 Å². The van der Waals surface area contributed by atoms with Crippen LogP contribution in [-0.4, -0.2) is 29.4 Å². The lowest BCUT2D eigenvalue weighted by molar-refractivity contribution is 0.0447. The summed E-state index contributed by atoms with van der Waals surface area (Å²) in [6.07, 6.45) is 1.71. The Labute approximate surface area is 101 Å². The minimum atomic E-state index is -0.610. The van der Waals surface area contributed by atoms with Crippen molar-refractivity contribution >= 4 is 17.3 Å². The first kappa shape index (κ1) is 11.7.